The number of amides is 2. The third-order valence-electron chi connectivity index (χ3n) is 3.80. The number of carbonyl (C=O) groups is 2. The molecule has 0 spiro atoms. The van der Waals surface area contributed by atoms with Crippen molar-refractivity contribution in [2.75, 3.05) is 6.54 Å². The Labute approximate surface area is 139 Å². The van der Waals surface area contributed by atoms with Crippen LogP contribution >= 0.6 is 11.3 Å². The van der Waals surface area contributed by atoms with Gasteiger partial charge >= 0.3 is 0 Å². The van der Waals surface area contributed by atoms with Gasteiger partial charge in [-0.15, -0.1) is 0 Å². The first-order valence-corrected chi connectivity index (χ1v) is 8.50. The zero-order valence-electron chi connectivity index (χ0n) is 12.6. The molecule has 23 heavy (non-hydrogen) atoms. The van der Waals surface area contributed by atoms with Crippen molar-refractivity contribution in [1.29, 1.82) is 0 Å². The molecule has 1 aromatic heterocycles. The summed E-state index contributed by atoms with van der Waals surface area (Å²) in [6, 6.07) is 11.4. The van der Waals surface area contributed by atoms with Crippen molar-refractivity contribution in [3.63, 3.8) is 0 Å². The molecule has 1 fully saturated rings. The van der Waals surface area contributed by atoms with E-state index in [1.165, 1.54) is 6.08 Å². The van der Waals surface area contributed by atoms with Crippen molar-refractivity contribution < 1.29 is 9.59 Å². The minimum absolute atomic E-state index is 0.00821. The van der Waals surface area contributed by atoms with Gasteiger partial charge in [0, 0.05) is 19.2 Å². The molecule has 2 amide bonds. The standard InChI is InChI=1S/C18H18N2O2S/c21-17(7-6-15-9-11-23-13-15)19-16-8-10-20(18(16)22)12-14-4-2-1-3-5-14/h1-7,9,11,13,16H,8,10,12H2,(H,19,21)/b7-6-/t16-/m0/s1. The average Bonchev–Trinajstić information content (AvgIpc) is 3.19. The van der Waals surface area contributed by atoms with Crippen LogP contribution in [0.2, 0.25) is 0 Å². The van der Waals surface area contributed by atoms with E-state index in [-0.39, 0.29) is 11.8 Å². The summed E-state index contributed by atoms with van der Waals surface area (Å²) >= 11 is 1.58. The number of nitrogens with one attached hydrogen (secondary N) is 1. The molecule has 0 aliphatic carbocycles. The fraction of sp³-hybridized carbons (Fsp3) is 0.222. The zero-order chi connectivity index (χ0) is 16.1. The summed E-state index contributed by atoms with van der Waals surface area (Å²) in [4.78, 5) is 26.1. The van der Waals surface area contributed by atoms with E-state index in [1.54, 1.807) is 22.3 Å². The maximum absolute atomic E-state index is 12.4. The molecular formula is C18H18N2O2S. The highest BCUT2D eigenvalue weighted by molar-refractivity contribution is 7.08. The maximum atomic E-state index is 12.4. The molecule has 118 valence electrons. The molecule has 1 aromatic carbocycles. The molecule has 5 heteroatoms. The topological polar surface area (TPSA) is 49.4 Å². The second-order valence-electron chi connectivity index (χ2n) is 5.49. The van der Waals surface area contributed by atoms with E-state index in [0.717, 1.165) is 11.1 Å². The van der Waals surface area contributed by atoms with Crippen LogP contribution in [-0.2, 0) is 16.1 Å². The van der Waals surface area contributed by atoms with Crippen LogP contribution in [0, 0.1) is 0 Å². The number of likely N-dealkylation sites (tertiary alicyclic amines) is 1. The van der Waals surface area contributed by atoms with Crippen molar-refractivity contribution in [3.05, 3.63) is 64.4 Å². The largest absolute Gasteiger partial charge is 0.341 e. The minimum Gasteiger partial charge on any atom is -0.341 e. The van der Waals surface area contributed by atoms with E-state index < -0.39 is 6.04 Å². The molecule has 1 N–H and O–H groups in total. The van der Waals surface area contributed by atoms with Crippen molar-refractivity contribution in [2.24, 2.45) is 0 Å². The predicted molar refractivity (Wildman–Crippen MR) is 91.8 cm³/mol. The van der Waals surface area contributed by atoms with Crippen molar-refractivity contribution in [2.45, 2.75) is 19.0 Å². The Morgan fingerprint density at radius 2 is 2.13 bits per heavy atom. The van der Waals surface area contributed by atoms with Gasteiger partial charge in [0.2, 0.25) is 11.8 Å². The second-order valence-corrected chi connectivity index (χ2v) is 6.27. The van der Waals surface area contributed by atoms with Crippen LogP contribution in [-0.4, -0.2) is 29.3 Å². The molecule has 0 unspecified atom stereocenters. The highest BCUT2D eigenvalue weighted by atomic mass is 32.1. The van der Waals surface area contributed by atoms with Crippen LogP contribution in [0.4, 0.5) is 0 Å². The molecule has 0 bridgehead atoms. The van der Waals surface area contributed by atoms with Crippen molar-refractivity contribution >= 4 is 29.2 Å². The van der Waals surface area contributed by atoms with Gasteiger partial charge in [-0.05, 0) is 40.5 Å². The molecule has 1 atom stereocenters. The number of nitrogens with zero attached hydrogens (tertiary/aromatic N) is 1. The molecule has 3 rings (SSSR count). The van der Waals surface area contributed by atoms with Gasteiger partial charge in [-0.3, -0.25) is 9.59 Å². The fourth-order valence-corrected chi connectivity index (χ4v) is 3.22. The Morgan fingerprint density at radius 1 is 1.30 bits per heavy atom. The third kappa shape index (κ3) is 4.07. The van der Waals surface area contributed by atoms with Gasteiger partial charge in [0.1, 0.15) is 6.04 Å². The van der Waals surface area contributed by atoms with Gasteiger partial charge in [0.25, 0.3) is 0 Å². The Balaban J connectivity index is 1.53. The molecule has 2 heterocycles. The van der Waals surface area contributed by atoms with Crippen molar-refractivity contribution in [1.82, 2.24) is 10.2 Å². The van der Waals surface area contributed by atoms with E-state index in [2.05, 4.69) is 5.32 Å². The molecule has 4 nitrogen and oxygen atoms in total. The van der Waals surface area contributed by atoms with E-state index in [4.69, 9.17) is 0 Å². The number of rotatable bonds is 5. The monoisotopic (exact) mass is 326 g/mol. The van der Waals surface area contributed by atoms with Gasteiger partial charge < -0.3 is 10.2 Å². The number of carbonyl (C=O) groups excluding carboxylic acids is 2. The van der Waals surface area contributed by atoms with Crippen LogP contribution in [0.5, 0.6) is 0 Å². The van der Waals surface area contributed by atoms with E-state index >= 15 is 0 Å². The van der Waals surface area contributed by atoms with Gasteiger partial charge in [-0.1, -0.05) is 30.3 Å². The minimum atomic E-state index is -0.418. The van der Waals surface area contributed by atoms with Gasteiger partial charge in [-0.25, -0.2) is 0 Å². The first-order chi connectivity index (χ1) is 11.2. The summed E-state index contributed by atoms with van der Waals surface area (Å²) in [6.07, 6.45) is 3.89. The quantitative estimate of drug-likeness (QED) is 0.859. The summed E-state index contributed by atoms with van der Waals surface area (Å²) in [5.74, 6) is -0.234. The summed E-state index contributed by atoms with van der Waals surface area (Å²) in [5.41, 5.74) is 2.10. The lowest BCUT2D eigenvalue weighted by molar-refractivity contribution is -0.132. The molecule has 1 aliphatic rings. The van der Waals surface area contributed by atoms with Crippen LogP contribution in [0.3, 0.4) is 0 Å². The van der Waals surface area contributed by atoms with Gasteiger partial charge in [0.15, 0.2) is 0 Å². The predicted octanol–water partition coefficient (Wildman–Crippen LogP) is 2.68. The average molecular weight is 326 g/mol. The summed E-state index contributed by atoms with van der Waals surface area (Å²) in [7, 11) is 0. The lowest BCUT2D eigenvalue weighted by Gasteiger charge is -2.16. The molecule has 0 radical (unpaired) electrons. The summed E-state index contributed by atoms with van der Waals surface area (Å²) < 4.78 is 0. The molecule has 1 saturated heterocycles. The highest BCUT2D eigenvalue weighted by Crippen LogP contribution is 2.15. The van der Waals surface area contributed by atoms with Crippen LogP contribution in [0.15, 0.2) is 53.2 Å². The lowest BCUT2D eigenvalue weighted by Crippen LogP contribution is -2.40. The molecule has 0 saturated carbocycles. The Morgan fingerprint density at radius 3 is 2.87 bits per heavy atom. The Bertz CT molecular complexity index is 695. The highest BCUT2D eigenvalue weighted by Gasteiger charge is 2.32. The van der Waals surface area contributed by atoms with Crippen LogP contribution < -0.4 is 5.32 Å². The van der Waals surface area contributed by atoms with Crippen LogP contribution in [0.25, 0.3) is 6.08 Å². The Kier molecular flexibility index (Phi) is 4.88. The number of benzene rings is 1. The number of hydrogen-bond acceptors (Lipinski definition) is 3. The zero-order valence-corrected chi connectivity index (χ0v) is 13.5. The maximum Gasteiger partial charge on any atom is 0.245 e. The SMILES string of the molecule is O=C(/C=C\c1ccsc1)N[C@H]1CCN(Cc2ccccc2)C1=O. The first kappa shape index (κ1) is 15.5. The second kappa shape index (κ2) is 7.24. The van der Waals surface area contributed by atoms with Gasteiger partial charge in [-0.2, -0.15) is 11.3 Å². The smallest absolute Gasteiger partial charge is 0.245 e. The molecular weight excluding hydrogens is 308 g/mol. The summed E-state index contributed by atoms with van der Waals surface area (Å²) in [5, 5.41) is 6.72. The fourth-order valence-electron chi connectivity index (χ4n) is 2.60. The summed E-state index contributed by atoms with van der Waals surface area (Å²) in [6.45, 7) is 1.27. The van der Waals surface area contributed by atoms with E-state index in [1.807, 2.05) is 47.2 Å². The van der Waals surface area contributed by atoms with Crippen LogP contribution in [0.1, 0.15) is 17.5 Å². The molecule has 1 aliphatic heterocycles. The van der Waals surface area contributed by atoms with E-state index in [0.29, 0.717) is 19.5 Å². The first-order valence-electron chi connectivity index (χ1n) is 7.56. The Hall–Kier alpha value is -2.40. The van der Waals surface area contributed by atoms with E-state index in [9.17, 15) is 9.59 Å². The molecule has 2 aromatic rings. The number of hydrogen-bond donors (Lipinski definition) is 1. The van der Waals surface area contributed by atoms with Gasteiger partial charge in [0.05, 0.1) is 0 Å². The van der Waals surface area contributed by atoms with Crippen molar-refractivity contribution in [3.8, 4) is 0 Å². The third-order valence-corrected chi connectivity index (χ3v) is 4.50. The number of thiophene rings is 1. The lowest BCUT2D eigenvalue weighted by atomic mass is 10.2. The normalized spacial score (nSPS) is 17.8.